The fourth-order valence-corrected chi connectivity index (χ4v) is 5.91. The highest BCUT2D eigenvalue weighted by molar-refractivity contribution is 6.30. The Morgan fingerprint density at radius 2 is 1.92 bits per heavy atom. The Morgan fingerprint density at radius 1 is 1.14 bits per heavy atom. The summed E-state index contributed by atoms with van der Waals surface area (Å²) in [6.07, 6.45) is 8.63. The third-order valence-corrected chi connectivity index (χ3v) is 7.78. The van der Waals surface area contributed by atoms with Gasteiger partial charge in [-0.2, -0.15) is 0 Å². The Hall–Kier alpha value is -2.03. The number of rotatable bonds is 11. The maximum Gasteiger partial charge on any atom is 0.407 e. The van der Waals surface area contributed by atoms with E-state index in [0.29, 0.717) is 24.1 Å². The summed E-state index contributed by atoms with van der Waals surface area (Å²) in [5.74, 6) is 0.812. The van der Waals surface area contributed by atoms with Crippen molar-refractivity contribution in [3.63, 3.8) is 0 Å². The van der Waals surface area contributed by atoms with Gasteiger partial charge >= 0.3 is 12.1 Å². The Balaban J connectivity index is 1.65. The molecule has 1 saturated heterocycles. The van der Waals surface area contributed by atoms with Crippen molar-refractivity contribution in [1.29, 1.82) is 0 Å². The predicted molar refractivity (Wildman–Crippen MR) is 147 cm³/mol. The molecule has 3 rings (SSSR count). The van der Waals surface area contributed by atoms with Gasteiger partial charge in [0.2, 0.25) is 0 Å². The van der Waals surface area contributed by atoms with E-state index in [9.17, 15) is 9.59 Å². The second-order valence-corrected chi connectivity index (χ2v) is 11.1. The number of methoxy groups -OCH3 is 1. The van der Waals surface area contributed by atoms with Gasteiger partial charge in [-0.05, 0) is 56.8 Å². The van der Waals surface area contributed by atoms with Gasteiger partial charge in [0.05, 0.1) is 25.9 Å². The van der Waals surface area contributed by atoms with Crippen molar-refractivity contribution in [2.45, 2.75) is 76.5 Å². The van der Waals surface area contributed by atoms with Gasteiger partial charge in [0.1, 0.15) is 0 Å². The molecule has 1 heterocycles. The van der Waals surface area contributed by atoms with E-state index in [-0.39, 0.29) is 30.1 Å². The molecule has 37 heavy (non-hydrogen) atoms. The molecule has 0 aromatic heterocycles. The second-order valence-electron chi connectivity index (χ2n) is 10.6. The molecule has 8 nitrogen and oxygen atoms in total. The first-order valence-electron chi connectivity index (χ1n) is 13.8. The zero-order valence-corrected chi connectivity index (χ0v) is 23.4. The van der Waals surface area contributed by atoms with E-state index in [1.807, 2.05) is 43.1 Å². The topological polar surface area (TPSA) is 91.9 Å². The zero-order chi connectivity index (χ0) is 26.6. The van der Waals surface area contributed by atoms with E-state index in [4.69, 9.17) is 21.1 Å². The predicted octanol–water partition coefficient (Wildman–Crippen LogP) is 5.12. The Kier molecular flexibility index (Phi) is 12.3. The molecule has 1 aliphatic carbocycles. The normalized spacial score (nSPS) is 21.1. The molecule has 2 fully saturated rings. The van der Waals surface area contributed by atoms with Crippen LogP contribution in [0.15, 0.2) is 24.3 Å². The second kappa shape index (κ2) is 15.4. The highest BCUT2D eigenvalue weighted by Gasteiger charge is 2.32. The van der Waals surface area contributed by atoms with Crippen LogP contribution in [-0.4, -0.2) is 69.5 Å². The van der Waals surface area contributed by atoms with Gasteiger partial charge in [0.25, 0.3) is 0 Å². The lowest BCUT2D eigenvalue weighted by atomic mass is 9.85. The van der Waals surface area contributed by atoms with E-state index in [1.54, 1.807) is 0 Å². The molecular weight excluding hydrogens is 492 g/mol. The number of hydrogen-bond acceptors (Lipinski definition) is 5. The largest absolute Gasteiger partial charge is 0.453 e. The van der Waals surface area contributed by atoms with Crippen LogP contribution in [0.5, 0.6) is 0 Å². The van der Waals surface area contributed by atoms with E-state index >= 15 is 0 Å². The van der Waals surface area contributed by atoms with Crippen molar-refractivity contribution in [2.24, 2.45) is 11.8 Å². The molecule has 0 radical (unpaired) electrons. The van der Waals surface area contributed by atoms with Crippen LogP contribution >= 0.6 is 11.6 Å². The molecule has 2 unspecified atom stereocenters. The van der Waals surface area contributed by atoms with E-state index in [2.05, 4.69) is 16.0 Å². The molecule has 1 aliphatic heterocycles. The van der Waals surface area contributed by atoms with Crippen LogP contribution in [0.3, 0.4) is 0 Å². The molecule has 2 aliphatic rings. The number of benzene rings is 1. The summed E-state index contributed by atoms with van der Waals surface area (Å²) < 4.78 is 11.1. The van der Waals surface area contributed by atoms with Gasteiger partial charge in [-0.3, -0.25) is 0 Å². The van der Waals surface area contributed by atoms with Gasteiger partial charge in [0.15, 0.2) is 0 Å². The fourth-order valence-electron chi connectivity index (χ4n) is 5.71. The average Bonchev–Trinajstić information content (AvgIpc) is 2.89. The molecular formula is C28H45ClN4O4. The van der Waals surface area contributed by atoms with Crippen LogP contribution in [0.25, 0.3) is 0 Å². The number of nitrogens with one attached hydrogen (secondary N) is 3. The molecule has 0 bridgehead atoms. The Bertz CT molecular complexity index is 851. The molecule has 4 atom stereocenters. The molecule has 9 heteroatoms. The molecule has 1 aromatic rings. The first-order chi connectivity index (χ1) is 17.9. The number of carbonyl (C=O) groups excluding carboxylic acids is 2. The zero-order valence-electron chi connectivity index (χ0n) is 22.6. The molecule has 1 saturated carbocycles. The van der Waals surface area contributed by atoms with E-state index in [0.717, 1.165) is 37.9 Å². The number of amides is 3. The van der Waals surface area contributed by atoms with Gasteiger partial charge in [-0.1, -0.05) is 55.8 Å². The summed E-state index contributed by atoms with van der Waals surface area (Å²) in [5.41, 5.74) is 0.982. The summed E-state index contributed by atoms with van der Waals surface area (Å²) in [6.45, 7) is 4.32. The Morgan fingerprint density at radius 3 is 2.62 bits per heavy atom. The minimum Gasteiger partial charge on any atom is -0.453 e. The lowest BCUT2D eigenvalue weighted by Gasteiger charge is -2.38. The molecule has 3 N–H and O–H groups in total. The maximum absolute atomic E-state index is 13.4. The number of nitrogens with zero attached hydrogens (tertiary/aromatic N) is 1. The minimum absolute atomic E-state index is 0.00586. The average molecular weight is 537 g/mol. The molecule has 208 valence electrons. The van der Waals surface area contributed by atoms with Crippen molar-refractivity contribution in [2.75, 3.05) is 40.4 Å². The summed E-state index contributed by atoms with van der Waals surface area (Å²) >= 11 is 6.31. The number of carbonyl (C=O) groups is 2. The molecule has 3 amide bonds. The van der Waals surface area contributed by atoms with Crippen molar-refractivity contribution < 1.29 is 19.1 Å². The number of halogens is 1. The number of alkyl carbamates (subject to hydrolysis) is 1. The van der Waals surface area contributed by atoms with Crippen molar-refractivity contribution in [1.82, 2.24) is 20.9 Å². The quantitative estimate of drug-likeness (QED) is 0.365. The highest BCUT2D eigenvalue weighted by Crippen LogP contribution is 2.34. The van der Waals surface area contributed by atoms with Crippen molar-refractivity contribution in [3.8, 4) is 0 Å². The van der Waals surface area contributed by atoms with Crippen LogP contribution in [0.2, 0.25) is 5.02 Å². The molecule has 1 aromatic carbocycles. The number of urea groups is 1. The fraction of sp³-hybridized carbons (Fsp3) is 0.714. The number of likely N-dealkylation sites (tertiary alicyclic amines) is 1. The number of hydrogen-bond donors (Lipinski definition) is 3. The third-order valence-electron chi connectivity index (χ3n) is 7.55. The van der Waals surface area contributed by atoms with Crippen LogP contribution in [0.4, 0.5) is 9.59 Å². The third kappa shape index (κ3) is 9.65. The summed E-state index contributed by atoms with van der Waals surface area (Å²) in [7, 11) is 3.29. The van der Waals surface area contributed by atoms with Gasteiger partial charge in [-0.25, -0.2) is 9.59 Å². The summed E-state index contributed by atoms with van der Waals surface area (Å²) in [6, 6.07) is 7.62. The van der Waals surface area contributed by atoms with Gasteiger partial charge in [-0.15, -0.1) is 0 Å². The lowest BCUT2D eigenvalue weighted by Crippen LogP contribution is -2.52. The maximum atomic E-state index is 13.4. The monoisotopic (exact) mass is 536 g/mol. The van der Waals surface area contributed by atoms with Crippen molar-refractivity contribution >= 4 is 23.7 Å². The highest BCUT2D eigenvalue weighted by atomic mass is 35.5. The summed E-state index contributed by atoms with van der Waals surface area (Å²) in [4.78, 5) is 26.9. The lowest BCUT2D eigenvalue weighted by molar-refractivity contribution is -0.0176. The van der Waals surface area contributed by atoms with Crippen LogP contribution in [0, 0.1) is 11.8 Å². The minimum atomic E-state index is -0.486. The number of likely N-dealkylation sites (N-methyl/N-ethyl adjacent to an activating group) is 1. The van der Waals surface area contributed by atoms with Gasteiger partial charge in [0, 0.05) is 36.6 Å². The van der Waals surface area contributed by atoms with Crippen molar-refractivity contribution in [3.05, 3.63) is 34.9 Å². The first kappa shape index (κ1) is 29.5. The standard InChI is InChI=1S/C28H45ClN4O4/c1-20(31-28(35)36-3)19-37-26(22-11-7-13-24(29)16-22)23-12-8-14-33(18-23)27(34)32-25(17-30-2)15-21-9-5-4-6-10-21/h7,11,13,16,20-21,23,25-26,30H,4-6,8-10,12,14-15,17-19H2,1-3H3,(H,31,35)(H,32,34)/t20?,23-,25+,26?/m1/s1. The van der Waals surface area contributed by atoms with Crippen LogP contribution in [-0.2, 0) is 9.47 Å². The molecule has 0 spiro atoms. The number of ether oxygens (including phenoxy) is 2. The Labute approximate surface area is 227 Å². The first-order valence-corrected chi connectivity index (χ1v) is 14.2. The van der Waals surface area contributed by atoms with Gasteiger partial charge < -0.3 is 30.3 Å². The SMILES string of the molecule is CNC[C@H](CC1CCCCC1)NC(=O)N1CCC[C@@H](C(OCC(C)NC(=O)OC)c2cccc(Cl)c2)C1. The van der Waals surface area contributed by atoms with Crippen LogP contribution < -0.4 is 16.0 Å². The van der Waals surface area contributed by atoms with E-state index in [1.165, 1.54) is 39.2 Å². The van der Waals surface area contributed by atoms with E-state index < -0.39 is 6.09 Å². The smallest absolute Gasteiger partial charge is 0.407 e. The van der Waals surface area contributed by atoms with Crippen LogP contribution in [0.1, 0.15) is 70.0 Å². The number of piperidine rings is 1. The summed E-state index contributed by atoms with van der Waals surface area (Å²) in [5, 5.41) is 9.98.